The molecule has 0 saturated heterocycles. The molecule has 8 heteroatoms. The molecule has 37 heavy (non-hydrogen) atoms. The highest BCUT2D eigenvalue weighted by Crippen LogP contribution is 2.28. The topological polar surface area (TPSA) is 108 Å². The summed E-state index contributed by atoms with van der Waals surface area (Å²) in [7, 11) is 0. The number of aliphatic hydroxyl groups is 1. The van der Waals surface area contributed by atoms with Crippen LogP contribution in [-0.4, -0.2) is 52.2 Å². The van der Waals surface area contributed by atoms with Crippen LogP contribution in [0.1, 0.15) is 69.3 Å². The first kappa shape index (κ1) is 29.8. The Morgan fingerprint density at radius 1 is 1.03 bits per heavy atom. The lowest BCUT2D eigenvalue weighted by Gasteiger charge is -2.38. The van der Waals surface area contributed by atoms with Gasteiger partial charge in [-0.2, -0.15) is 0 Å². The summed E-state index contributed by atoms with van der Waals surface area (Å²) in [5.41, 5.74) is 2.72. The number of hydrogen-bond donors (Lipinski definition) is 3. The molecule has 0 aliphatic carbocycles. The van der Waals surface area contributed by atoms with Crippen LogP contribution in [0.5, 0.6) is 0 Å². The lowest BCUT2D eigenvalue weighted by atomic mass is 9.96. The summed E-state index contributed by atoms with van der Waals surface area (Å²) in [5.74, 6) is -0.918. The van der Waals surface area contributed by atoms with E-state index in [2.05, 4.69) is 10.6 Å². The molecule has 0 aliphatic heterocycles. The molecule has 0 radical (unpaired) electrons. The van der Waals surface area contributed by atoms with E-state index in [1.54, 1.807) is 20.8 Å². The lowest BCUT2D eigenvalue weighted by Crippen LogP contribution is -2.56. The Morgan fingerprint density at radius 3 is 2.14 bits per heavy atom. The van der Waals surface area contributed by atoms with Crippen LogP contribution in [0, 0.1) is 13.8 Å². The van der Waals surface area contributed by atoms with Gasteiger partial charge >= 0.3 is 6.09 Å². The van der Waals surface area contributed by atoms with Gasteiger partial charge in [0, 0.05) is 12.6 Å². The Bertz CT molecular complexity index is 1040. The molecular weight excluding hydrogens is 470 g/mol. The molecule has 3 atom stereocenters. The van der Waals surface area contributed by atoms with Gasteiger partial charge in [-0.3, -0.25) is 9.59 Å². The van der Waals surface area contributed by atoms with Crippen LogP contribution in [0.2, 0.25) is 0 Å². The van der Waals surface area contributed by atoms with Crippen LogP contribution in [0.15, 0.2) is 48.5 Å². The maximum Gasteiger partial charge on any atom is 0.408 e. The number of aliphatic hydroxyl groups excluding tert-OH is 1. The van der Waals surface area contributed by atoms with E-state index in [-0.39, 0.29) is 11.9 Å². The van der Waals surface area contributed by atoms with Gasteiger partial charge in [0.2, 0.25) is 11.8 Å². The molecule has 0 heterocycles. The van der Waals surface area contributed by atoms with Crippen molar-refractivity contribution in [3.05, 3.63) is 70.8 Å². The molecule has 0 spiro atoms. The SMILES string of the molecule is CCC(C)N(C(=O)C(CO)NC(=O)OC(C)(C)C)C(C(=O)NCc1ccccc1)c1cc(C)cc(C)c1. The fourth-order valence-corrected chi connectivity index (χ4v) is 4.10. The minimum absolute atomic E-state index is 0.295. The summed E-state index contributed by atoms with van der Waals surface area (Å²) in [6.45, 7) is 12.4. The van der Waals surface area contributed by atoms with Gasteiger partial charge in [0.25, 0.3) is 0 Å². The van der Waals surface area contributed by atoms with Crippen molar-refractivity contribution in [1.29, 1.82) is 0 Å². The number of carbonyl (C=O) groups is 3. The first-order valence-electron chi connectivity index (χ1n) is 12.7. The van der Waals surface area contributed by atoms with Gasteiger partial charge in [0.05, 0.1) is 6.61 Å². The smallest absolute Gasteiger partial charge is 0.408 e. The average molecular weight is 512 g/mol. The van der Waals surface area contributed by atoms with Crippen LogP contribution in [0.3, 0.4) is 0 Å². The highest BCUT2D eigenvalue weighted by Gasteiger charge is 2.38. The van der Waals surface area contributed by atoms with E-state index in [0.717, 1.165) is 16.7 Å². The van der Waals surface area contributed by atoms with Crippen molar-refractivity contribution in [2.45, 2.75) is 85.2 Å². The van der Waals surface area contributed by atoms with Gasteiger partial charge in [-0.25, -0.2) is 4.79 Å². The summed E-state index contributed by atoms with van der Waals surface area (Å²) in [6, 6.07) is 12.7. The van der Waals surface area contributed by atoms with Crippen LogP contribution in [0.4, 0.5) is 4.79 Å². The van der Waals surface area contributed by atoms with Gasteiger partial charge < -0.3 is 25.4 Å². The molecule has 0 bridgehead atoms. The standard InChI is InChI=1S/C29H41N3O5/c1-8-21(4)32(27(35)24(18-33)31-28(36)37-29(5,6)7)25(23-15-19(2)14-20(3)16-23)26(34)30-17-22-12-10-9-11-13-22/h9-16,21,24-25,33H,8,17-18H2,1-7H3,(H,30,34)(H,31,36). The maximum atomic E-state index is 13.9. The highest BCUT2D eigenvalue weighted by atomic mass is 16.6. The Kier molecular flexibility index (Phi) is 10.7. The van der Waals surface area contributed by atoms with Gasteiger partial charge in [0.1, 0.15) is 17.7 Å². The zero-order chi connectivity index (χ0) is 27.8. The van der Waals surface area contributed by atoms with Gasteiger partial charge in [0.15, 0.2) is 0 Å². The second kappa shape index (κ2) is 13.2. The van der Waals surface area contributed by atoms with Crippen LogP contribution in [-0.2, 0) is 20.9 Å². The molecule has 3 N–H and O–H groups in total. The van der Waals surface area contributed by atoms with Gasteiger partial charge in [-0.15, -0.1) is 0 Å². The third-order valence-corrected chi connectivity index (χ3v) is 5.89. The molecule has 8 nitrogen and oxygen atoms in total. The summed E-state index contributed by atoms with van der Waals surface area (Å²) < 4.78 is 5.29. The third-order valence-electron chi connectivity index (χ3n) is 5.89. The second-order valence-electron chi connectivity index (χ2n) is 10.4. The monoisotopic (exact) mass is 511 g/mol. The number of alkyl carbamates (subject to hydrolysis) is 1. The number of nitrogens with zero attached hydrogens (tertiary/aromatic N) is 1. The van der Waals surface area contributed by atoms with E-state index in [9.17, 15) is 19.5 Å². The molecule has 2 rings (SSSR count). The zero-order valence-corrected chi connectivity index (χ0v) is 23.0. The number of amides is 3. The van der Waals surface area contributed by atoms with Crippen molar-refractivity contribution >= 4 is 17.9 Å². The minimum atomic E-state index is -1.28. The quantitative estimate of drug-likeness (QED) is 0.444. The van der Waals surface area contributed by atoms with Gasteiger partial charge in [-0.05, 0) is 59.1 Å². The van der Waals surface area contributed by atoms with Crippen molar-refractivity contribution in [2.24, 2.45) is 0 Å². The van der Waals surface area contributed by atoms with E-state index < -0.39 is 36.3 Å². The molecule has 3 unspecified atom stereocenters. The van der Waals surface area contributed by atoms with Crippen LogP contribution in [0.25, 0.3) is 0 Å². The van der Waals surface area contributed by atoms with Crippen molar-refractivity contribution in [3.63, 3.8) is 0 Å². The molecule has 0 saturated carbocycles. The van der Waals surface area contributed by atoms with Crippen molar-refractivity contribution < 1.29 is 24.2 Å². The van der Waals surface area contributed by atoms with Gasteiger partial charge in [-0.1, -0.05) is 66.6 Å². The normalized spacial score (nSPS) is 13.7. The first-order valence-corrected chi connectivity index (χ1v) is 12.7. The summed E-state index contributed by atoms with van der Waals surface area (Å²) in [4.78, 5) is 41.5. The highest BCUT2D eigenvalue weighted by molar-refractivity contribution is 5.92. The number of aryl methyl sites for hydroxylation is 2. The molecule has 2 aromatic carbocycles. The largest absolute Gasteiger partial charge is 0.444 e. The van der Waals surface area contributed by atoms with E-state index in [4.69, 9.17) is 4.74 Å². The number of carbonyl (C=O) groups excluding carboxylic acids is 3. The fourth-order valence-electron chi connectivity index (χ4n) is 4.10. The predicted molar refractivity (Wildman–Crippen MR) is 144 cm³/mol. The number of ether oxygens (including phenoxy) is 1. The third kappa shape index (κ3) is 8.89. The van der Waals surface area contributed by atoms with Crippen LogP contribution >= 0.6 is 0 Å². The molecule has 3 amide bonds. The number of benzene rings is 2. The first-order chi connectivity index (χ1) is 17.4. The molecule has 0 fully saturated rings. The zero-order valence-electron chi connectivity index (χ0n) is 23.0. The maximum absolute atomic E-state index is 13.9. The Morgan fingerprint density at radius 2 is 1.62 bits per heavy atom. The Balaban J connectivity index is 2.48. The Labute approximate surface area is 220 Å². The summed E-state index contributed by atoms with van der Waals surface area (Å²) in [5, 5.41) is 15.5. The van der Waals surface area contributed by atoms with E-state index >= 15 is 0 Å². The van der Waals surface area contributed by atoms with E-state index in [0.29, 0.717) is 18.5 Å². The second-order valence-corrected chi connectivity index (χ2v) is 10.4. The minimum Gasteiger partial charge on any atom is -0.444 e. The Hall–Kier alpha value is -3.39. The van der Waals surface area contributed by atoms with Crippen molar-refractivity contribution in [3.8, 4) is 0 Å². The molecule has 2 aromatic rings. The summed E-state index contributed by atoms with van der Waals surface area (Å²) >= 11 is 0. The molecule has 0 aliphatic rings. The molecule has 0 aromatic heterocycles. The van der Waals surface area contributed by atoms with Crippen molar-refractivity contribution in [2.75, 3.05) is 6.61 Å². The fraction of sp³-hybridized carbons (Fsp3) is 0.483. The number of hydrogen-bond acceptors (Lipinski definition) is 5. The molecule has 202 valence electrons. The summed E-state index contributed by atoms with van der Waals surface area (Å²) in [6.07, 6.45) is -0.260. The predicted octanol–water partition coefficient (Wildman–Crippen LogP) is 4.17. The van der Waals surface area contributed by atoms with Crippen LogP contribution < -0.4 is 10.6 Å². The average Bonchev–Trinajstić information content (AvgIpc) is 2.82. The molecular formula is C29H41N3O5. The van der Waals surface area contributed by atoms with Crippen molar-refractivity contribution in [1.82, 2.24) is 15.5 Å². The van der Waals surface area contributed by atoms with E-state index in [1.165, 1.54) is 4.90 Å². The number of rotatable bonds is 10. The number of nitrogens with one attached hydrogen (secondary N) is 2. The van der Waals surface area contributed by atoms with E-state index in [1.807, 2.05) is 76.2 Å². The lowest BCUT2D eigenvalue weighted by molar-refractivity contribution is -0.145.